The molecule has 2 aromatic heterocycles. The van der Waals surface area contributed by atoms with Crippen molar-refractivity contribution in [3.63, 3.8) is 0 Å². The Bertz CT molecular complexity index is 1070. The van der Waals surface area contributed by atoms with Gasteiger partial charge in [0.05, 0.1) is 5.75 Å². The van der Waals surface area contributed by atoms with E-state index in [4.69, 9.17) is 13.9 Å². The average molecular weight is 411 g/mol. The number of para-hydroxylation sites is 2. The third-order valence-electron chi connectivity index (χ3n) is 5.23. The molecule has 7 nitrogen and oxygen atoms in total. The molecule has 0 radical (unpaired) electrons. The topological polar surface area (TPSA) is 79.4 Å². The molecule has 29 heavy (non-hydrogen) atoms. The number of carbonyl (C=O) groups excluding carboxylic acids is 1. The summed E-state index contributed by atoms with van der Waals surface area (Å²) in [6.07, 6.45) is 1.93. The molecule has 5 rings (SSSR count). The second kappa shape index (κ2) is 7.26. The van der Waals surface area contributed by atoms with E-state index in [1.165, 1.54) is 24.6 Å². The molecular weight excluding hydrogens is 390 g/mol. The summed E-state index contributed by atoms with van der Waals surface area (Å²) < 4.78 is 19.6. The molecule has 0 spiro atoms. The van der Waals surface area contributed by atoms with Crippen molar-refractivity contribution in [2.24, 2.45) is 0 Å². The Morgan fingerprint density at radius 2 is 2.00 bits per heavy atom. The van der Waals surface area contributed by atoms with E-state index in [1.807, 2.05) is 37.3 Å². The van der Waals surface area contributed by atoms with Crippen LogP contribution in [0.3, 0.4) is 0 Å². The molecule has 1 aliphatic carbocycles. The van der Waals surface area contributed by atoms with E-state index in [9.17, 15) is 4.79 Å². The first kappa shape index (κ1) is 18.3. The number of benzene rings is 1. The van der Waals surface area contributed by atoms with Gasteiger partial charge in [-0.05, 0) is 44.9 Å². The largest absolute Gasteiger partial charge is 0.485 e. The van der Waals surface area contributed by atoms with Crippen molar-refractivity contribution in [1.29, 1.82) is 0 Å². The molecule has 1 aliphatic heterocycles. The summed E-state index contributed by atoms with van der Waals surface area (Å²) in [6.45, 7) is 4.38. The van der Waals surface area contributed by atoms with E-state index < -0.39 is 6.10 Å². The number of ketones is 1. The Hall–Kier alpha value is -2.74. The van der Waals surface area contributed by atoms with Crippen LogP contribution in [0.4, 0.5) is 0 Å². The fourth-order valence-corrected chi connectivity index (χ4v) is 4.36. The fourth-order valence-electron chi connectivity index (χ4n) is 3.71. The molecule has 8 heteroatoms. The van der Waals surface area contributed by atoms with Crippen LogP contribution in [0.5, 0.6) is 11.5 Å². The van der Waals surface area contributed by atoms with Gasteiger partial charge in [-0.1, -0.05) is 23.9 Å². The summed E-state index contributed by atoms with van der Waals surface area (Å²) in [7, 11) is 0. The van der Waals surface area contributed by atoms with Crippen LogP contribution in [-0.4, -0.2) is 32.9 Å². The third-order valence-corrected chi connectivity index (χ3v) is 6.05. The minimum Gasteiger partial charge on any atom is -0.485 e. The second-order valence-corrected chi connectivity index (χ2v) is 8.29. The molecule has 0 bridgehead atoms. The molecule has 0 unspecified atom stereocenters. The van der Waals surface area contributed by atoms with Crippen molar-refractivity contribution < 1.29 is 18.7 Å². The Morgan fingerprint density at radius 1 is 1.21 bits per heavy atom. The fraction of sp³-hybridized carbons (Fsp3) is 0.381. The van der Waals surface area contributed by atoms with E-state index in [0.29, 0.717) is 35.3 Å². The van der Waals surface area contributed by atoms with Gasteiger partial charge in [0, 0.05) is 23.0 Å². The first-order chi connectivity index (χ1) is 14.1. The van der Waals surface area contributed by atoms with Gasteiger partial charge in [0.25, 0.3) is 11.1 Å². The number of hydrogen-bond donors (Lipinski definition) is 0. The summed E-state index contributed by atoms with van der Waals surface area (Å²) >= 11 is 1.25. The van der Waals surface area contributed by atoms with Gasteiger partial charge < -0.3 is 18.5 Å². The molecule has 3 heterocycles. The minimum atomic E-state index is -0.458. The quantitative estimate of drug-likeness (QED) is 0.442. The maximum atomic E-state index is 12.7. The van der Waals surface area contributed by atoms with Crippen molar-refractivity contribution in [1.82, 2.24) is 14.8 Å². The van der Waals surface area contributed by atoms with Gasteiger partial charge in [-0.15, -0.1) is 10.2 Å². The van der Waals surface area contributed by atoms with Crippen molar-refractivity contribution in [2.45, 2.75) is 44.1 Å². The van der Waals surface area contributed by atoms with Crippen molar-refractivity contribution in [3.05, 3.63) is 53.2 Å². The van der Waals surface area contributed by atoms with Crippen molar-refractivity contribution >= 4 is 17.5 Å². The molecule has 0 saturated heterocycles. The van der Waals surface area contributed by atoms with Gasteiger partial charge in [-0.2, -0.15) is 0 Å². The molecule has 0 amide bonds. The Balaban J connectivity index is 1.23. The number of Topliss-reactive ketones (excluding diaryl/α,β-unsaturated/α-hetero) is 1. The zero-order chi connectivity index (χ0) is 20.0. The normalized spacial score (nSPS) is 18.1. The first-order valence-corrected chi connectivity index (χ1v) is 10.6. The number of fused-ring (bicyclic) bond motifs is 1. The smallest absolute Gasteiger partial charge is 0.277 e. The van der Waals surface area contributed by atoms with Crippen LogP contribution < -0.4 is 9.47 Å². The van der Waals surface area contributed by atoms with E-state index in [1.54, 1.807) is 0 Å². The SMILES string of the molecule is Cc1cc(C(=O)CSc2nnc([C@@H]3COc4ccccc4O3)o2)c(C)n1C1CC1. The van der Waals surface area contributed by atoms with E-state index in [-0.39, 0.29) is 11.5 Å². The number of ether oxygens (including phenoxy) is 2. The van der Waals surface area contributed by atoms with Gasteiger partial charge in [0.2, 0.25) is 6.10 Å². The highest BCUT2D eigenvalue weighted by molar-refractivity contribution is 7.99. The lowest BCUT2D eigenvalue weighted by Gasteiger charge is -2.23. The van der Waals surface area contributed by atoms with E-state index >= 15 is 0 Å². The summed E-state index contributed by atoms with van der Waals surface area (Å²) in [5.74, 6) is 2.02. The molecule has 1 fully saturated rings. The van der Waals surface area contributed by atoms with Gasteiger partial charge in [0.15, 0.2) is 17.3 Å². The highest BCUT2D eigenvalue weighted by Crippen LogP contribution is 2.39. The lowest BCUT2D eigenvalue weighted by molar-refractivity contribution is 0.0686. The van der Waals surface area contributed by atoms with E-state index in [2.05, 4.69) is 21.7 Å². The Morgan fingerprint density at radius 3 is 2.79 bits per heavy atom. The number of aromatic nitrogens is 3. The minimum absolute atomic E-state index is 0.0703. The predicted octanol–water partition coefficient (Wildman–Crippen LogP) is 4.31. The molecular formula is C21H21N3O4S. The molecule has 2 aliphatic rings. The average Bonchev–Trinajstić information content (AvgIpc) is 3.36. The first-order valence-electron chi connectivity index (χ1n) is 9.66. The summed E-state index contributed by atoms with van der Waals surface area (Å²) in [5, 5.41) is 8.48. The molecule has 0 N–H and O–H groups in total. The van der Waals surface area contributed by atoms with Gasteiger partial charge >= 0.3 is 0 Å². The standard InChI is InChI=1S/C21H21N3O4S/c1-12-9-15(13(2)24(12)14-7-8-14)16(25)11-29-21-23-22-20(28-21)19-10-26-17-5-3-4-6-18(17)27-19/h3-6,9,14,19H,7-8,10-11H2,1-2H3/t19-/m0/s1. The zero-order valence-electron chi connectivity index (χ0n) is 16.3. The van der Waals surface area contributed by atoms with Crippen LogP contribution in [0.25, 0.3) is 0 Å². The van der Waals surface area contributed by atoms with Crippen LogP contribution >= 0.6 is 11.8 Å². The van der Waals surface area contributed by atoms with Crippen LogP contribution in [0.15, 0.2) is 40.0 Å². The summed E-state index contributed by atoms with van der Waals surface area (Å²) in [5.41, 5.74) is 2.98. The molecule has 150 valence electrons. The molecule has 1 saturated carbocycles. The van der Waals surface area contributed by atoms with Crippen LogP contribution in [0.2, 0.25) is 0 Å². The van der Waals surface area contributed by atoms with E-state index in [0.717, 1.165) is 17.0 Å². The number of carbonyl (C=O) groups is 1. The lowest BCUT2D eigenvalue weighted by Crippen LogP contribution is -2.21. The van der Waals surface area contributed by atoms with Gasteiger partial charge in [0.1, 0.15) is 6.61 Å². The van der Waals surface area contributed by atoms with Crippen LogP contribution in [-0.2, 0) is 0 Å². The maximum Gasteiger partial charge on any atom is 0.277 e. The Labute approximate surface area is 172 Å². The second-order valence-electron chi connectivity index (χ2n) is 7.37. The zero-order valence-corrected chi connectivity index (χ0v) is 17.1. The Kier molecular flexibility index (Phi) is 4.58. The number of nitrogens with zero attached hydrogens (tertiary/aromatic N) is 3. The van der Waals surface area contributed by atoms with Crippen molar-refractivity contribution in [2.75, 3.05) is 12.4 Å². The highest BCUT2D eigenvalue weighted by Gasteiger charge is 2.29. The van der Waals surface area contributed by atoms with Gasteiger partial charge in [-0.3, -0.25) is 4.79 Å². The number of rotatable bonds is 6. The summed E-state index contributed by atoms with van der Waals surface area (Å²) in [6, 6.07) is 10.0. The highest BCUT2D eigenvalue weighted by atomic mass is 32.2. The molecule has 3 aromatic rings. The third kappa shape index (κ3) is 3.53. The molecule has 1 aromatic carbocycles. The number of hydrogen-bond acceptors (Lipinski definition) is 7. The van der Waals surface area contributed by atoms with Gasteiger partial charge in [-0.25, -0.2) is 0 Å². The van der Waals surface area contributed by atoms with Crippen LogP contribution in [0, 0.1) is 13.8 Å². The van der Waals surface area contributed by atoms with Crippen LogP contribution in [0.1, 0.15) is 52.6 Å². The lowest BCUT2D eigenvalue weighted by atomic mass is 10.2. The summed E-state index contributed by atoms with van der Waals surface area (Å²) in [4.78, 5) is 12.7. The predicted molar refractivity (Wildman–Crippen MR) is 107 cm³/mol. The maximum absolute atomic E-state index is 12.7. The number of thioether (sulfide) groups is 1. The monoisotopic (exact) mass is 411 g/mol. The molecule has 1 atom stereocenters. The van der Waals surface area contributed by atoms with Crippen molar-refractivity contribution in [3.8, 4) is 11.5 Å². The number of aryl methyl sites for hydroxylation is 1.